The highest BCUT2D eigenvalue weighted by Gasteiger charge is 2.18. The number of carbonyl (C=O) groups is 1. The number of nitrogens with one attached hydrogen (secondary N) is 1. The van der Waals surface area contributed by atoms with Crippen molar-refractivity contribution in [2.45, 2.75) is 27.2 Å². The monoisotopic (exact) mass is 258 g/mol. The van der Waals surface area contributed by atoms with E-state index in [1.54, 1.807) is 0 Å². The first-order chi connectivity index (χ1) is 9.10. The van der Waals surface area contributed by atoms with Gasteiger partial charge >= 0.3 is 0 Å². The molecule has 1 aromatic heterocycles. The van der Waals surface area contributed by atoms with Crippen LogP contribution in [0.3, 0.4) is 0 Å². The predicted molar refractivity (Wildman–Crippen MR) is 79.9 cm³/mol. The van der Waals surface area contributed by atoms with Gasteiger partial charge in [-0.15, -0.1) is 0 Å². The number of nitrogens with zero attached hydrogens (tertiary/aromatic N) is 1. The Morgan fingerprint density at radius 3 is 2.68 bits per heavy atom. The fourth-order valence-electron chi connectivity index (χ4n) is 2.52. The lowest BCUT2D eigenvalue weighted by molar-refractivity contribution is 0.0992. The second-order valence-corrected chi connectivity index (χ2v) is 4.93. The second-order valence-electron chi connectivity index (χ2n) is 4.93. The summed E-state index contributed by atoms with van der Waals surface area (Å²) in [5.41, 5.74) is 4.32. The third-order valence-electron chi connectivity index (χ3n) is 3.78. The van der Waals surface area contributed by atoms with E-state index in [0.29, 0.717) is 6.54 Å². The maximum absolute atomic E-state index is 12.4. The Morgan fingerprint density at radius 2 is 2.05 bits per heavy atom. The molecule has 0 unspecified atom stereocenters. The molecule has 0 atom stereocenters. The van der Waals surface area contributed by atoms with Gasteiger partial charge in [-0.1, -0.05) is 19.9 Å². The SMILES string of the molecule is CCNCC(=O)c1c(C)n(C)c2ccc(CC)cc12. The van der Waals surface area contributed by atoms with Crippen LogP contribution in [0.5, 0.6) is 0 Å². The van der Waals surface area contributed by atoms with Crippen LogP contribution in [-0.2, 0) is 13.5 Å². The highest BCUT2D eigenvalue weighted by atomic mass is 16.1. The number of likely N-dealkylation sites (N-methyl/N-ethyl adjacent to an activating group) is 1. The van der Waals surface area contributed by atoms with Crippen molar-refractivity contribution in [3.8, 4) is 0 Å². The average molecular weight is 258 g/mol. The standard InChI is InChI=1S/C16H22N2O/c1-5-12-7-8-14-13(9-12)16(11(3)18(14)4)15(19)10-17-6-2/h7-9,17H,5-6,10H2,1-4H3. The van der Waals surface area contributed by atoms with Crippen LogP contribution in [0.1, 0.15) is 35.5 Å². The van der Waals surface area contributed by atoms with Crippen molar-refractivity contribution in [3.63, 3.8) is 0 Å². The molecular formula is C16H22N2O. The molecule has 1 N–H and O–H groups in total. The summed E-state index contributed by atoms with van der Waals surface area (Å²) in [5.74, 6) is 0.179. The van der Waals surface area contributed by atoms with Crippen LogP contribution >= 0.6 is 0 Å². The lowest BCUT2D eigenvalue weighted by atomic mass is 10.0. The van der Waals surface area contributed by atoms with Gasteiger partial charge in [0, 0.05) is 29.2 Å². The first kappa shape index (κ1) is 13.8. The van der Waals surface area contributed by atoms with Crippen molar-refractivity contribution in [1.29, 1.82) is 0 Å². The van der Waals surface area contributed by atoms with Crippen LogP contribution in [-0.4, -0.2) is 23.4 Å². The molecule has 0 aliphatic carbocycles. The average Bonchev–Trinajstić information content (AvgIpc) is 2.68. The number of ketones is 1. The summed E-state index contributed by atoms with van der Waals surface area (Å²) in [7, 11) is 2.02. The van der Waals surface area contributed by atoms with Gasteiger partial charge in [0.05, 0.1) is 6.54 Å². The lowest BCUT2D eigenvalue weighted by Crippen LogP contribution is -2.23. The highest BCUT2D eigenvalue weighted by Crippen LogP contribution is 2.26. The maximum Gasteiger partial charge on any atom is 0.179 e. The van der Waals surface area contributed by atoms with Crippen molar-refractivity contribution >= 4 is 16.7 Å². The number of Topliss-reactive ketones (excluding diaryl/α,β-unsaturated/α-hetero) is 1. The Morgan fingerprint density at radius 1 is 1.32 bits per heavy atom. The quantitative estimate of drug-likeness (QED) is 0.837. The molecule has 0 saturated carbocycles. The zero-order valence-electron chi connectivity index (χ0n) is 12.2. The molecule has 0 fully saturated rings. The van der Waals surface area contributed by atoms with E-state index in [-0.39, 0.29) is 5.78 Å². The van der Waals surface area contributed by atoms with Crippen LogP contribution in [0.25, 0.3) is 10.9 Å². The van der Waals surface area contributed by atoms with E-state index in [1.807, 2.05) is 20.9 Å². The van der Waals surface area contributed by atoms with E-state index < -0.39 is 0 Å². The smallest absolute Gasteiger partial charge is 0.179 e. The van der Waals surface area contributed by atoms with E-state index in [4.69, 9.17) is 0 Å². The molecule has 0 saturated heterocycles. The van der Waals surface area contributed by atoms with Gasteiger partial charge in [-0.2, -0.15) is 0 Å². The minimum Gasteiger partial charge on any atom is -0.347 e. The van der Waals surface area contributed by atoms with Crippen LogP contribution in [0.2, 0.25) is 0 Å². The topological polar surface area (TPSA) is 34.0 Å². The number of carbonyl (C=O) groups excluding carboxylic acids is 1. The van der Waals surface area contributed by atoms with Crippen molar-refractivity contribution in [1.82, 2.24) is 9.88 Å². The number of aromatic nitrogens is 1. The third kappa shape index (κ3) is 2.43. The Bertz CT molecular complexity index is 611. The summed E-state index contributed by atoms with van der Waals surface area (Å²) in [6.45, 7) is 7.39. The molecule has 2 rings (SSSR count). The van der Waals surface area contributed by atoms with Gasteiger partial charge in [0.25, 0.3) is 0 Å². The van der Waals surface area contributed by atoms with Crippen LogP contribution in [0, 0.1) is 6.92 Å². The van der Waals surface area contributed by atoms with Crippen molar-refractivity contribution in [3.05, 3.63) is 35.0 Å². The summed E-state index contributed by atoms with van der Waals surface area (Å²) in [5, 5.41) is 4.20. The van der Waals surface area contributed by atoms with Crippen LogP contribution in [0.15, 0.2) is 18.2 Å². The predicted octanol–water partition coefficient (Wildman–Crippen LogP) is 2.84. The van der Waals surface area contributed by atoms with E-state index in [9.17, 15) is 4.79 Å². The number of rotatable bonds is 5. The zero-order chi connectivity index (χ0) is 14.0. The molecule has 0 spiro atoms. The molecule has 3 heteroatoms. The lowest BCUT2D eigenvalue weighted by Gasteiger charge is -2.03. The van der Waals surface area contributed by atoms with Gasteiger partial charge in [0.2, 0.25) is 0 Å². The second kappa shape index (κ2) is 5.57. The normalized spacial score (nSPS) is 11.2. The summed E-state index contributed by atoms with van der Waals surface area (Å²) in [6, 6.07) is 6.41. The van der Waals surface area contributed by atoms with Crippen LogP contribution in [0.4, 0.5) is 0 Å². The van der Waals surface area contributed by atoms with Gasteiger partial charge in [-0.3, -0.25) is 4.79 Å². The maximum atomic E-state index is 12.4. The summed E-state index contributed by atoms with van der Waals surface area (Å²) < 4.78 is 2.11. The summed E-state index contributed by atoms with van der Waals surface area (Å²) in [4.78, 5) is 12.4. The molecular weight excluding hydrogens is 236 g/mol. The van der Waals surface area contributed by atoms with E-state index >= 15 is 0 Å². The van der Waals surface area contributed by atoms with E-state index in [0.717, 1.165) is 35.1 Å². The van der Waals surface area contributed by atoms with E-state index in [2.05, 4.69) is 35.0 Å². The molecule has 2 aromatic rings. The Hall–Kier alpha value is -1.61. The largest absolute Gasteiger partial charge is 0.347 e. The third-order valence-corrected chi connectivity index (χ3v) is 3.78. The molecule has 0 radical (unpaired) electrons. The highest BCUT2D eigenvalue weighted by molar-refractivity contribution is 6.10. The van der Waals surface area contributed by atoms with Gasteiger partial charge in [0.15, 0.2) is 5.78 Å². The molecule has 3 nitrogen and oxygen atoms in total. The molecule has 1 heterocycles. The minimum absolute atomic E-state index is 0.179. The fraction of sp³-hybridized carbons (Fsp3) is 0.438. The molecule has 102 valence electrons. The van der Waals surface area contributed by atoms with Gasteiger partial charge in [0.1, 0.15) is 0 Å². The molecule has 0 amide bonds. The molecule has 0 bridgehead atoms. The first-order valence-corrected chi connectivity index (χ1v) is 6.92. The Labute approximate surface area is 114 Å². The molecule has 0 aliphatic heterocycles. The number of aryl methyl sites for hydroxylation is 2. The number of benzene rings is 1. The minimum atomic E-state index is 0.179. The summed E-state index contributed by atoms with van der Waals surface area (Å²) >= 11 is 0. The van der Waals surface area contributed by atoms with Crippen molar-refractivity contribution < 1.29 is 4.79 Å². The molecule has 0 aliphatic rings. The molecule has 1 aromatic carbocycles. The van der Waals surface area contributed by atoms with Crippen molar-refractivity contribution in [2.24, 2.45) is 7.05 Å². The zero-order valence-corrected chi connectivity index (χ0v) is 12.2. The van der Waals surface area contributed by atoms with Gasteiger partial charge in [-0.25, -0.2) is 0 Å². The summed E-state index contributed by atoms with van der Waals surface area (Å²) in [6.07, 6.45) is 0.991. The molecule has 19 heavy (non-hydrogen) atoms. The fourth-order valence-corrected chi connectivity index (χ4v) is 2.52. The number of fused-ring (bicyclic) bond motifs is 1. The Balaban J connectivity index is 2.58. The van der Waals surface area contributed by atoms with Crippen molar-refractivity contribution in [2.75, 3.05) is 13.1 Å². The van der Waals surface area contributed by atoms with E-state index in [1.165, 1.54) is 5.56 Å². The van der Waals surface area contributed by atoms with Gasteiger partial charge in [-0.05, 0) is 37.6 Å². The number of hydrogen-bond donors (Lipinski definition) is 1. The Kier molecular flexibility index (Phi) is 4.05. The number of hydrogen-bond acceptors (Lipinski definition) is 2. The first-order valence-electron chi connectivity index (χ1n) is 6.92. The van der Waals surface area contributed by atoms with Crippen LogP contribution < -0.4 is 5.32 Å². The van der Waals surface area contributed by atoms with Gasteiger partial charge < -0.3 is 9.88 Å².